The Bertz CT molecular complexity index is 385. The Labute approximate surface area is 101 Å². The molecule has 1 N–H and O–H groups in total. The number of carbonyl (C=O) groups excluding carboxylic acids is 2. The maximum Gasteiger partial charge on any atom is 0.327 e. The molecule has 1 atom stereocenters. The molecule has 0 saturated heterocycles. The van der Waals surface area contributed by atoms with Crippen LogP contribution in [0.1, 0.15) is 17.3 Å². The third-order valence-corrected chi connectivity index (χ3v) is 2.67. The maximum atomic E-state index is 11.7. The van der Waals surface area contributed by atoms with Crippen LogP contribution in [0.2, 0.25) is 0 Å². The summed E-state index contributed by atoms with van der Waals surface area (Å²) < 4.78 is 4.71. The van der Waals surface area contributed by atoms with Crippen molar-refractivity contribution in [1.29, 1.82) is 0 Å². The normalized spacial score (nSPS) is 11.9. The van der Waals surface area contributed by atoms with Crippen LogP contribution in [0.3, 0.4) is 0 Å². The van der Waals surface area contributed by atoms with Gasteiger partial charge >= 0.3 is 5.97 Å². The molecule has 0 aliphatic rings. The minimum absolute atomic E-state index is 0.0683. The zero-order valence-electron chi connectivity index (χ0n) is 8.64. The highest BCUT2D eigenvalue weighted by molar-refractivity contribution is 9.10. The van der Waals surface area contributed by atoms with Crippen LogP contribution < -0.4 is 0 Å². The quantitative estimate of drug-likeness (QED) is 0.397. The Kier molecular flexibility index (Phi) is 4.49. The number of Topliss-reactive ketones (excluding diaryl/α,β-unsaturated/α-hetero) is 1. The first-order chi connectivity index (χ1) is 7.56. The molecule has 86 valence electrons. The number of benzene rings is 1. The number of ketones is 1. The largest absolute Gasteiger partial charge is 0.508 e. The topological polar surface area (TPSA) is 63.6 Å². The van der Waals surface area contributed by atoms with Crippen LogP contribution in [0.4, 0.5) is 0 Å². The molecule has 0 radical (unpaired) electrons. The molecule has 0 heterocycles. The van der Waals surface area contributed by atoms with Gasteiger partial charge in [0.25, 0.3) is 0 Å². The van der Waals surface area contributed by atoms with Crippen molar-refractivity contribution in [3.63, 3.8) is 0 Å². The summed E-state index contributed by atoms with van der Waals surface area (Å²) in [5.74, 6) is -0.933. The number of esters is 1. The Morgan fingerprint density at radius 1 is 1.38 bits per heavy atom. The standard InChI is InChI=1S/C11H11BrO4/c1-2-16-11(15)9(12)10(14)7-3-5-8(13)6-4-7/h3-6,9,13H,2H2,1H3. The van der Waals surface area contributed by atoms with Gasteiger partial charge in [-0.3, -0.25) is 9.59 Å². The molecule has 1 aromatic rings. The van der Waals surface area contributed by atoms with Crippen molar-refractivity contribution in [3.8, 4) is 5.75 Å². The van der Waals surface area contributed by atoms with Crippen LogP contribution in [0.15, 0.2) is 24.3 Å². The summed E-state index contributed by atoms with van der Waals surface area (Å²) in [6, 6.07) is 5.67. The highest BCUT2D eigenvalue weighted by Crippen LogP contribution is 2.15. The summed E-state index contributed by atoms with van der Waals surface area (Å²) in [6.07, 6.45) is 0. The number of hydrogen-bond acceptors (Lipinski definition) is 4. The van der Waals surface area contributed by atoms with Crippen LogP contribution in [0.5, 0.6) is 5.75 Å². The average molecular weight is 287 g/mol. The summed E-state index contributed by atoms with van der Waals surface area (Å²) in [5, 5.41) is 9.06. The van der Waals surface area contributed by atoms with Crippen molar-refractivity contribution in [2.75, 3.05) is 6.61 Å². The van der Waals surface area contributed by atoms with Gasteiger partial charge in [0, 0.05) is 5.56 Å². The molecular formula is C11H11BrO4. The number of halogens is 1. The van der Waals surface area contributed by atoms with Gasteiger partial charge in [0.1, 0.15) is 5.75 Å². The van der Waals surface area contributed by atoms with E-state index in [0.29, 0.717) is 5.56 Å². The van der Waals surface area contributed by atoms with Crippen molar-refractivity contribution in [2.45, 2.75) is 11.8 Å². The van der Waals surface area contributed by atoms with Crippen molar-refractivity contribution >= 4 is 27.7 Å². The zero-order valence-corrected chi connectivity index (χ0v) is 10.2. The minimum atomic E-state index is -1.00. The molecule has 0 bridgehead atoms. The summed E-state index contributed by atoms with van der Waals surface area (Å²) in [4.78, 5) is 22.0. The molecule has 0 fully saturated rings. The molecule has 1 unspecified atom stereocenters. The molecule has 5 heteroatoms. The van der Waals surface area contributed by atoms with E-state index < -0.39 is 16.6 Å². The summed E-state index contributed by atoms with van der Waals surface area (Å²) >= 11 is 2.98. The van der Waals surface area contributed by atoms with Crippen LogP contribution in [-0.4, -0.2) is 28.3 Å². The van der Waals surface area contributed by atoms with Crippen molar-refractivity contribution in [3.05, 3.63) is 29.8 Å². The first kappa shape index (κ1) is 12.7. The third-order valence-electron chi connectivity index (χ3n) is 1.88. The first-order valence-electron chi connectivity index (χ1n) is 4.70. The molecular weight excluding hydrogens is 276 g/mol. The van der Waals surface area contributed by atoms with E-state index in [1.165, 1.54) is 24.3 Å². The number of hydrogen-bond donors (Lipinski definition) is 1. The van der Waals surface area contributed by atoms with Crippen molar-refractivity contribution in [2.24, 2.45) is 0 Å². The van der Waals surface area contributed by atoms with Crippen LogP contribution in [0, 0.1) is 0 Å². The number of phenolic OH excluding ortho intramolecular Hbond substituents is 1. The van der Waals surface area contributed by atoms with Crippen molar-refractivity contribution < 1.29 is 19.4 Å². The van der Waals surface area contributed by atoms with E-state index in [1.54, 1.807) is 6.92 Å². The monoisotopic (exact) mass is 286 g/mol. The molecule has 0 amide bonds. The summed E-state index contributed by atoms with van der Waals surface area (Å²) in [6.45, 7) is 1.90. The van der Waals surface area contributed by atoms with Gasteiger partial charge in [0.05, 0.1) is 6.61 Å². The Hall–Kier alpha value is -1.36. The lowest BCUT2D eigenvalue weighted by molar-refractivity contribution is -0.141. The zero-order chi connectivity index (χ0) is 12.1. The predicted molar refractivity (Wildman–Crippen MR) is 61.8 cm³/mol. The number of carbonyl (C=O) groups is 2. The average Bonchev–Trinajstić information content (AvgIpc) is 2.28. The van der Waals surface area contributed by atoms with E-state index >= 15 is 0 Å². The Morgan fingerprint density at radius 3 is 2.44 bits per heavy atom. The highest BCUT2D eigenvalue weighted by atomic mass is 79.9. The van der Waals surface area contributed by atoms with Crippen LogP contribution in [0.25, 0.3) is 0 Å². The molecule has 16 heavy (non-hydrogen) atoms. The minimum Gasteiger partial charge on any atom is -0.508 e. The number of aromatic hydroxyl groups is 1. The SMILES string of the molecule is CCOC(=O)C(Br)C(=O)c1ccc(O)cc1. The Balaban J connectivity index is 2.78. The van der Waals surface area contributed by atoms with E-state index in [-0.39, 0.29) is 12.4 Å². The molecule has 0 saturated carbocycles. The molecule has 0 aliphatic carbocycles. The molecule has 1 rings (SSSR count). The van der Waals surface area contributed by atoms with E-state index in [0.717, 1.165) is 0 Å². The highest BCUT2D eigenvalue weighted by Gasteiger charge is 2.25. The van der Waals surface area contributed by atoms with Gasteiger partial charge in [-0.2, -0.15) is 0 Å². The molecule has 4 nitrogen and oxygen atoms in total. The van der Waals surface area contributed by atoms with Crippen LogP contribution >= 0.6 is 15.9 Å². The van der Waals surface area contributed by atoms with E-state index in [9.17, 15) is 9.59 Å². The molecule has 0 aliphatic heterocycles. The number of ether oxygens (including phenoxy) is 1. The van der Waals surface area contributed by atoms with E-state index in [1.807, 2.05) is 0 Å². The fourth-order valence-electron chi connectivity index (χ4n) is 1.09. The van der Waals surface area contributed by atoms with E-state index in [4.69, 9.17) is 9.84 Å². The molecule has 1 aromatic carbocycles. The van der Waals surface area contributed by atoms with Crippen molar-refractivity contribution in [1.82, 2.24) is 0 Å². The summed E-state index contributed by atoms with van der Waals surface area (Å²) in [7, 11) is 0. The number of alkyl halides is 1. The van der Waals surface area contributed by atoms with Gasteiger partial charge in [-0.15, -0.1) is 0 Å². The second-order valence-electron chi connectivity index (χ2n) is 3.03. The lowest BCUT2D eigenvalue weighted by Crippen LogP contribution is -2.26. The number of rotatable bonds is 4. The van der Waals surface area contributed by atoms with Gasteiger partial charge in [-0.25, -0.2) is 0 Å². The van der Waals surface area contributed by atoms with Gasteiger partial charge < -0.3 is 9.84 Å². The van der Waals surface area contributed by atoms with E-state index in [2.05, 4.69) is 15.9 Å². The lowest BCUT2D eigenvalue weighted by atomic mass is 10.1. The van der Waals surface area contributed by atoms with Gasteiger partial charge in [0.15, 0.2) is 10.6 Å². The number of phenols is 1. The Morgan fingerprint density at radius 2 is 1.94 bits per heavy atom. The molecule has 0 spiro atoms. The smallest absolute Gasteiger partial charge is 0.327 e. The van der Waals surface area contributed by atoms with Crippen LogP contribution in [-0.2, 0) is 9.53 Å². The second-order valence-corrected chi connectivity index (χ2v) is 3.94. The fourth-order valence-corrected chi connectivity index (χ4v) is 1.49. The van der Waals surface area contributed by atoms with Gasteiger partial charge in [-0.05, 0) is 31.2 Å². The fraction of sp³-hybridized carbons (Fsp3) is 0.273. The maximum absolute atomic E-state index is 11.7. The molecule has 0 aromatic heterocycles. The first-order valence-corrected chi connectivity index (χ1v) is 5.61. The second kappa shape index (κ2) is 5.65. The lowest BCUT2D eigenvalue weighted by Gasteiger charge is -2.07. The summed E-state index contributed by atoms with van der Waals surface area (Å²) in [5.41, 5.74) is 0.340. The predicted octanol–water partition coefficient (Wildman–Crippen LogP) is 1.90. The van der Waals surface area contributed by atoms with Gasteiger partial charge in [-0.1, -0.05) is 15.9 Å². The third kappa shape index (κ3) is 3.06. The van der Waals surface area contributed by atoms with Gasteiger partial charge in [0.2, 0.25) is 0 Å².